The standard InChI is InChI=1S/C13H11N3O2/c17-11-5-8-1-2-16-13(9(8)6-12(11)18)10-7-14-3-4-15-10/h3-7,17-18H,1-2H2. The summed E-state index contributed by atoms with van der Waals surface area (Å²) in [6, 6.07) is 3.10. The van der Waals surface area contributed by atoms with Crippen molar-refractivity contribution >= 4 is 5.71 Å². The van der Waals surface area contributed by atoms with Gasteiger partial charge in [0.15, 0.2) is 11.5 Å². The molecule has 0 amide bonds. The summed E-state index contributed by atoms with van der Waals surface area (Å²) in [6.45, 7) is 0.642. The monoisotopic (exact) mass is 241 g/mol. The van der Waals surface area contributed by atoms with Crippen LogP contribution in [0.4, 0.5) is 0 Å². The van der Waals surface area contributed by atoms with Crippen LogP contribution >= 0.6 is 0 Å². The fourth-order valence-corrected chi connectivity index (χ4v) is 2.06. The predicted octanol–water partition coefficient (Wildman–Crippen LogP) is 1.28. The minimum Gasteiger partial charge on any atom is -0.504 e. The number of phenols is 2. The molecule has 5 nitrogen and oxygen atoms in total. The molecular weight excluding hydrogens is 230 g/mol. The van der Waals surface area contributed by atoms with Gasteiger partial charge in [-0.1, -0.05) is 0 Å². The molecule has 5 heteroatoms. The molecule has 1 aliphatic rings. The molecule has 2 N–H and O–H groups in total. The van der Waals surface area contributed by atoms with Crippen LogP contribution in [0.1, 0.15) is 16.8 Å². The Hall–Kier alpha value is -2.43. The van der Waals surface area contributed by atoms with Gasteiger partial charge in [-0.05, 0) is 24.1 Å². The van der Waals surface area contributed by atoms with Gasteiger partial charge in [-0.15, -0.1) is 0 Å². The summed E-state index contributed by atoms with van der Waals surface area (Å²) in [5.41, 5.74) is 3.14. The molecule has 0 saturated carbocycles. The van der Waals surface area contributed by atoms with E-state index in [0.29, 0.717) is 18.0 Å². The number of aliphatic imine (C=N–C) groups is 1. The highest BCUT2D eigenvalue weighted by molar-refractivity contribution is 6.13. The van der Waals surface area contributed by atoms with E-state index in [0.717, 1.165) is 17.5 Å². The van der Waals surface area contributed by atoms with Crippen molar-refractivity contribution in [2.75, 3.05) is 6.54 Å². The van der Waals surface area contributed by atoms with Gasteiger partial charge in [0.2, 0.25) is 0 Å². The first-order chi connectivity index (χ1) is 8.75. The van der Waals surface area contributed by atoms with Crippen LogP contribution < -0.4 is 0 Å². The van der Waals surface area contributed by atoms with Crippen molar-refractivity contribution in [2.24, 2.45) is 4.99 Å². The van der Waals surface area contributed by atoms with Gasteiger partial charge in [0.1, 0.15) is 5.69 Å². The topological polar surface area (TPSA) is 78.6 Å². The number of phenolic OH excluding ortho intramolecular Hbond substituents is 2. The number of benzene rings is 1. The second-order valence-corrected chi connectivity index (χ2v) is 4.07. The lowest BCUT2D eigenvalue weighted by molar-refractivity contribution is 0.403. The van der Waals surface area contributed by atoms with Crippen LogP contribution in [0.25, 0.3) is 0 Å². The summed E-state index contributed by atoms with van der Waals surface area (Å²) in [5.74, 6) is -0.249. The van der Waals surface area contributed by atoms with E-state index in [1.807, 2.05) is 0 Å². The Morgan fingerprint density at radius 2 is 1.89 bits per heavy atom. The normalized spacial score (nSPS) is 13.9. The summed E-state index contributed by atoms with van der Waals surface area (Å²) in [4.78, 5) is 12.7. The third-order valence-electron chi connectivity index (χ3n) is 2.91. The molecule has 2 heterocycles. The molecule has 3 rings (SSSR count). The van der Waals surface area contributed by atoms with Gasteiger partial charge in [-0.2, -0.15) is 0 Å². The predicted molar refractivity (Wildman–Crippen MR) is 66.0 cm³/mol. The Labute approximate surface area is 104 Å². The van der Waals surface area contributed by atoms with Gasteiger partial charge in [-0.25, -0.2) is 0 Å². The quantitative estimate of drug-likeness (QED) is 0.737. The molecule has 0 bridgehead atoms. The van der Waals surface area contributed by atoms with Gasteiger partial charge in [0.05, 0.1) is 11.9 Å². The van der Waals surface area contributed by atoms with Crippen molar-refractivity contribution in [3.8, 4) is 11.5 Å². The highest BCUT2D eigenvalue weighted by Crippen LogP contribution is 2.31. The van der Waals surface area contributed by atoms with Gasteiger partial charge >= 0.3 is 0 Å². The van der Waals surface area contributed by atoms with Crippen LogP contribution in [0, 0.1) is 0 Å². The zero-order chi connectivity index (χ0) is 12.5. The molecular formula is C13H11N3O2. The zero-order valence-corrected chi connectivity index (χ0v) is 9.54. The summed E-state index contributed by atoms with van der Waals surface area (Å²) >= 11 is 0. The number of aromatic nitrogens is 2. The van der Waals surface area contributed by atoms with Crippen LogP contribution in [0.15, 0.2) is 35.7 Å². The Morgan fingerprint density at radius 1 is 1.06 bits per heavy atom. The van der Waals surface area contributed by atoms with E-state index in [9.17, 15) is 10.2 Å². The Bertz CT molecular complexity index is 624. The van der Waals surface area contributed by atoms with Gasteiger partial charge < -0.3 is 10.2 Å². The molecule has 1 aromatic carbocycles. The first-order valence-electron chi connectivity index (χ1n) is 5.62. The molecule has 0 aliphatic carbocycles. The van der Waals surface area contributed by atoms with Crippen LogP contribution in [-0.4, -0.2) is 32.4 Å². The minimum absolute atomic E-state index is 0.103. The summed E-state index contributed by atoms with van der Waals surface area (Å²) in [5, 5.41) is 19.1. The van der Waals surface area contributed by atoms with E-state index in [1.165, 1.54) is 6.07 Å². The molecule has 1 aliphatic heterocycles. The third-order valence-corrected chi connectivity index (χ3v) is 2.91. The van der Waals surface area contributed by atoms with Crippen molar-refractivity contribution in [3.05, 3.63) is 47.5 Å². The minimum atomic E-state index is -0.146. The Morgan fingerprint density at radius 3 is 2.67 bits per heavy atom. The second-order valence-electron chi connectivity index (χ2n) is 4.07. The molecule has 18 heavy (non-hydrogen) atoms. The van der Waals surface area contributed by atoms with Crippen molar-refractivity contribution in [1.29, 1.82) is 0 Å². The molecule has 0 fully saturated rings. The number of hydrogen-bond donors (Lipinski definition) is 2. The van der Waals surface area contributed by atoms with Crippen molar-refractivity contribution in [1.82, 2.24) is 9.97 Å². The smallest absolute Gasteiger partial charge is 0.158 e. The highest BCUT2D eigenvalue weighted by Gasteiger charge is 2.19. The van der Waals surface area contributed by atoms with Gasteiger partial charge in [-0.3, -0.25) is 15.0 Å². The molecule has 2 aromatic rings. The van der Waals surface area contributed by atoms with Crippen LogP contribution in [-0.2, 0) is 6.42 Å². The highest BCUT2D eigenvalue weighted by atomic mass is 16.3. The molecule has 90 valence electrons. The Balaban J connectivity index is 2.16. The molecule has 0 atom stereocenters. The Kier molecular flexibility index (Phi) is 2.44. The number of fused-ring (bicyclic) bond motifs is 1. The van der Waals surface area contributed by atoms with Crippen molar-refractivity contribution in [2.45, 2.75) is 6.42 Å². The van der Waals surface area contributed by atoms with Crippen LogP contribution in [0.2, 0.25) is 0 Å². The van der Waals surface area contributed by atoms with E-state index >= 15 is 0 Å². The summed E-state index contributed by atoms with van der Waals surface area (Å²) < 4.78 is 0. The number of hydrogen-bond acceptors (Lipinski definition) is 5. The second kappa shape index (κ2) is 4.10. The molecule has 1 aromatic heterocycles. The molecule has 0 spiro atoms. The van der Waals surface area contributed by atoms with E-state index in [2.05, 4.69) is 15.0 Å². The van der Waals surface area contributed by atoms with E-state index < -0.39 is 0 Å². The van der Waals surface area contributed by atoms with Crippen LogP contribution in [0.3, 0.4) is 0 Å². The lowest BCUT2D eigenvalue weighted by atomic mass is 9.95. The molecule has 0 radical (unpaired) electrons. The van der Waals surface area contributed by atoms with Crippen molar-refractivity contribution in [3.63, 3.8) is 0 Å². The lowest BCUT2D eigenvalue weighted by Gasteiger charge is -2.17. The van der Waals surface area contributed by atoms with Crippen molar-refractivity contribution < 1.29 is 10.2 Å². The maximum atomic E-state index is 9.60. The third kappa shape index (κ3) is 1.69. The summed E-state index contributed by atoms with van der Waals surface area (Å²) in [6.07, 6.45) is 5.58. The van der Waals surface area contributed by atoms with Crippen LogP contribution in [0.5, 0.6) is 11.5 Å². The average Bonchev–Trinajstić information content (AvgIpc) is 2.40. The maximum Gasteiger partial charge on any atom is 0.158 e. The van der Waals surface area contributed by atoms with Gasteiger partial charge in [0.25, 0.3) is 0 Å². The maximum absolute atomic E-state index is 9.60. The summed E-state index contributed by atoms with van der Waals surface area (Å²) in [7, 11) is 0. The molecule has 0 saturated heterocycles. The van der Waals surface area contributed by atoms with E-state index in [4.69, 9.17) is 0 Å². The fourth-order valence-electron chi connectivity index (χ4n) is 2.06. The largest absolute Gasteiger partial charge is 0.504 e. The van der Waals surface area contributed by atoms with E-state index in [-0.39, 0.29) is 11.5 Å². The SMILES string of the molecule is Oc1cc2c(cc1O)C(c1cnccn1)=NCC2. The zero-order valence-electron chi connectivity index (χ0n) is 9.54. The number of aromatic hydroxyl groups is 2. The first-order valence-corrected chi connectivity index (χ1v) is 5.62. The fraction of sp³-hybridized carbons (Fsp3) is 0.154. The lowest BCUT2D eigenvalue weighted by Crippen LogP contribution is -2.15. The number of rotatable bonds is 1. The average molecular weight is 241 g/mol. The molecule has 0 unspecified atom stereocenters. The first kappa shape index (κ1) is 10.7. The number of nitrogens with zero attached hydrogens (tertiary/aromatic N) is 3. The van der Waals surface area contributed by atoms with Gasteiger partial charge in [0, 0.05) is 24.5 Å². The van der Waals surface area contributed by atoms with E-state index in [1.54, 1.807) is 24.7 Å².